The van der Waals surface area contributed by atoms with Gasteiger partial charge in [0.05, 0.1) is 5.69 Å². The lowest BCUT2D eigenvalue weighted by atomic mass is 10.1. The summed E-state index contributed by atoms with van der Waals surface area (Å²) < 4.78 is 87.3. The second-order valence-corrected chi connectivity index (χ2v) is 8.99. The van der Waals surface area contributed by atoms with Gasteiger partial charge < -0.3 is 19.5 Å². The van der Waals surface area contributed by atoms with Crippen molar-refractivity contribution in [3.05, 3.63) is 65.7 Å². The summed E-state index contributed by atoms with van der Waals surface area (Å²) in [5, 5.41) is 6.76. The van der Waals surface area contributed by atoms with Gasteiger partial charge >= 0.3 is 12.3 Å². The van der Waals surface area contributed by atoms with Gasteiger partial charge in [0.1, 0.15) is 28.6 Å². The Balaban J connectivity index is 1.26. The van der Waals surface area contributed by atoms with Crippen molar-refractivity contribution in [2.75, 3.05) is 44.2 Å². The molecule has 0 unspecified atom stereocenters. The molecule has 0 saturated carbocycles. The van der Waals surface area contributed by atoms with Gasteiger partial charge in [0.15, 0.2) is 0 Å². The number of aromatic nitrogens is 1. The van der Waals surface area contributed by atoms with Crippen molar-refractivity contribution in [1.82, 2.24) is 15.4 Å². The van der Waals surface area contributed by atoms with Crippen LogP contribution in [0.1, 0.15) is 22.5 Å². The largest absolute Gasteiger partial charge is 0.499 e. The normalized spacial score (nSPS) is 14.9. The fraction of sp³-hybridized carbons (Fsp3) is 0.385. The number of nitrogens with one attached hydrogen (secondary N) is 1. The molecule has 0 radical (unpaired) electrons. The molecule has 0 spiro atoms. The van der Waals surface area contributed by atoms with Gasteiger partial charge in [0, 0.05) is 38.3 Å². The Morgan fingerprint density at radius 2 is 1.69 bits per heavy atom. The van der Waals surface area contributed by atoms with E-state index in [9.17, 15) is 31.1 Å². The van der Waals surface area contributed by atoms with Crippen LogP contribution in [0, 0.1) is 12.7 Å². The Morgan fingerprint density at radius 3 is 2.36 bits per heavy atom. The van der Waals surface area contributed by atoms with Crippen molar-refractivity contribution in [3.8, 4) is 17.0 Å². The first-order chi connectivity index (χ1) is 18.5. The predicted octanol–water partition coefficient (Wildman–Crippen LogP) is 5.27. The summed E-state index contributed by atoms with van der Waals surface area (Å²) in [6.45, 7) is 4.47. The van der Waals surface area contributed by atoms with Crippen LogP contribution in [-0.2, 0) is 0 Å². The highest BCUT2D eigenvalue weighted by atomic mass is 19.4. The lowest BCUT2D eigenvalue weighted by Crippen LogP contribution is -2.47. The van der Waals surface area contributed by atoms with E-state index in [1.165, 1.54) is 36.4 Å². The van der Waals surface area contributed by atoms with Gasteiger partial charge in [-0.15, -0.1) is 0 Å². The Morgan fingerprint density at radius 1 is 1.03 bits per heavy atom. The van der Waals surface area contributed by atoms with Crippen LogP contribution in [0.4, 0.5) is 32.0 Å². The molecule has 1 aromatic heterocycles. The lowest BCUT2D eigenvalue weighted by molar-refractivity contribution is -0.360. The van der Waals surface area contributed by atoms with Gasteiger partial charge in [-0.05, 0) is 56.3 Å². The van der Waals surface area contributed by atoms with E-state index >= 15 is 0 Å². The molecule has 2 aromatic carbocycles. The minimum absolute atomic E-state index is 0.161. The first kappa shape index (κ1) is 28.3. The third-order valence-corrected chi connectivity index (χ3v) is 6.29. The average molecular weight is 557 g/mol. The van der Waals surface area contributed by atoms with Crippen LogP contribution in [0.3, 0.4) is 0 Å². The standard InChI is InChI=1S/C26H26F6N4O3/c1-17-22(23(34-39-17)18-7-9-19(27)10-8-18)24(37)33-11-4-12-35-13-15-36(16-14-35)20-5-2-3-6-21(20)38-26(31,32)25(28,29)30/h2-3,5-10H,4,11-16H2,1H3,(H,33,37). The fourth-order valence-corrected chi connectivity index (χ4v) is 4.25. The number of amides is 1. The predicted molar refractivity (Wildman–Crippen MR) is 130 cm³/mol. The molecule has 1 amide bonds. The zero-order valence-electron chi connectivity index (χ0n) is 20.9. The van der Waals surface area contributed by atoms with Gasteiger partial charge in [-0.25, -0.2) is 4.39 Å². The quantitative estimate of drug-likeness (QED) is 0.286. The number of piperazine rings is 1. The number of aryl methyl sites for hydroxylation is 1. The lowest BCUT2D eigenvalue weighted by Gasteiger charge is -2.37. The van der Waals surface area contributed by atoms with Gasteiger partial charge in [-0.3, -0.25) is 9.69 Å². The molecule has 1 aliphatic rings. The molecule has 1 saturated heterocycles. The SMILES string of the molecule is Cc1onc(-c2ccc(F)cc2)c1C(=O)NCCCN1CCN(c2ccccc2OC(F)(F)C(F)(F)F)CC1. The van der Waals surface area contributed by atoms with Gasteiger partial charge in [0.25, 0.3) is 5.91 Å². The Hall–Kier alpha value is -3.74. The van der Waals surface area contributed by atoms with Crippen molar-refractivity contribution in [2.45, 2.75) is 25.6 Å². The summed E-state index contributed by atoms with van der Waals surface area (Å²) in [5.41, 5.74) is 1.30. The Labute approximate surface area is 220 Å². The molecule has 7 nitrogen and oxygen atoms in total. The maximum absolute atomic E-state index is 13.5. The highest BCUT2D eigenvalue weighted by Crippen LogP contribution is 2.40. The molecule has 1 N–H and O–H groups in total. The molecule has 3 aromatic rings. The van der Waals surface area contributed by atoms with Crippen LogP contribution < -0.4 is 15.0 Å². The topological polar surface area (TPSA) is 70.8 Å². The molecule has 39 heavy (non-hydrogen) atoms. The minimum atomic E-state index is -5.83. The maximum Gasteiger partial charge on any atom is 0.499 e. The van der Waals surface area contributed by atoms with E-state index in [1.807, 2.05) is 0 Å². The molecular formula is C26H26F6N4O3. The number of hydrogen-bond donors (Lipinski definition) is 1. The number of carbonyl (C=O) groups is 1. The smallest absolute Gasteiger partial charge is 0.424 e. The third kappa shape index (κ3) is 6.64. The summed E-state index contributed by atoms with van der Waals surface area (Å²) in [5.74, 6) is -0.989. The third-order valence-electron chi connectivity index (χ3n) is 6.29. The van der Waals surface area contributed by atoms with Crippen molar-refractivity contribution < 1.29 is 40.4 Å². The molecule has 0 aliphatic carbocycles. The average Bonchev–Trinajstić information content (AvgIpc) is 3.28. The van der Waals surface area contributed by atoms with Crippen LogP contribution in [0.15, 0.2) is 53.1 Å². The van der Waals surface area contributed by atoms with Crippen LogP contribution in [0.25, 0.3) is 11.3 Å². The molecule has 210 valence electrons. The molecule has 1 fully saturated rings. The van der Waals surface area contributed by atoms with E-state index in [1.54, 1.807) is 17.9 Å². The molecule has 0 bridgehead atoms. The van der Waals surface area contributed by atoms with Gasteiger partial charge in [-0.2, -0.15) is 22.0 Å². The summed E-state index contributed by atoms with van der Waals surface area (Å²) in [7, 11) is 0. The number of para-hydroxylation sites is 2. The van der Waals surface area contributed by atoms with Crippen LogP contribution in [-0.4, -0.2) is 67.5 Å². The summed E-state index contributed by atoms with van der Waals surface area (Å²) in [6, 6.07) is 11.0. The number of benzene rings is 2. The van der Waals surface area contributed by atoms with E-state index in [0.717, 1.165) is 6.07 Å². The Kier molecular flexibility index (Phi) is 8.38. The van der Waals surface area contributed by atoms with Crippen molar-refractivity contribution in [2.24, 2.45) is 0 Å². The number of ether oxygens (including phenoxy) is 1. The van der Waals surface area contributed by atoms with Crippen molar-refractivity contribution >= 4 is 11.6 Å². The number of rotatable bonds is 9. The monoisotopic (exact) mass is 556 g/mol. The van der Waals surface area contributed by atoms with Crippen molar-refractivity contribution in [3.63, 3.8) is 0 Å². The van der Waals surface area contributed by atoms with Crippen molar-refractivity contribution in [1.29, 1.82) is 0 Å². The maximum atomic E-state index is 13.5. The molecule has 0 atom stereocenters. The fourth-order valence-electron chi connectivity index (χ4n) is 4.25. The summed E-state index contributed by atoms with van der Waals surface area (Å²) >= 11 is 0. The molecule has 2 heterocycles. The van der Waals surface area contributed by atoms with E-state index in [2.05, 4.69) is 20.1 Å². The molecule has 1 aliphatic heterocycles. The van der Waals surface area contributed by atoms with E-state index in [-0.39, 0.29) is 17.2 Å². The first-order valence-corrected chi connectivity index (χ1v) is 12.2. The number of hydrogen-bond acceptors (Lipinski definition) is 6. The van der Waals surface area contributed by atoms with E-state index < -0.39 is 23.9 Å². The summed E-state index contributed by atoms with van der Waals surface area (Å²) in [6.07, 6.45) is -10.5. The van der Waals surface area contributed by atoms with Crippen LogP contribution in [0.2, 0.25) is 0 Å². The zero-order valence-corrected chi connectivity index (χ0v) is 20.9. The molecule has 13 heteroatoms. The highest BCUT2D eigenvalue weighted by molar-refractivity contribution is 6.00. The van der Waals surface area contributed by atoms with Gasteiger partial charge in [0.2, 0.25) is 0 Å². The second-order valence-electron chi connectivity index (χ2n) is 8.99. The first-order valence-electron chi connectivity index (χ1n) is 12.2. The zero-order chi connectivity index (χ0) is 28.2. The van der Waals surface area contributed by atoms with Gasteiger partial charge in [-0.1, -0.05) is 17.3 Å². The Bertz CT molecular complexity index is 1270. The highest BCUT2D eigenvalue weighted by Gasteiger charge is 2.61. The number of nitrogens with zero attached hydrogens (tertiary/aromatic N) is 3. The minimum Gasteiger partial charge on any atom is -0.424 e. The van der Waals surface area contributed by atoms with Crippen LogP contribution >= 0.6 is 0 Å². The second kappa shape index (κ2) is 11.6. The summed E-state index contributed by atoms with van der Waals surface area (Å²) in [4.78, 5) is 16.6. The number of alkyl halides is 5. The molecular weight excluding hydrogens is 530 g/mol. The molecule has 4 rings (SSSR count). The van der Waals surface area contributed by atoms with Crippen LogP contribution in [0.5, 0.6) is 5.75 Å². The number of halogens is 6. The number of carbonyl (C=O) groups excluding carboxylic acids is 1. The number of anilines is 1. The van der Waals surface area contributed by atoms with E-state index in [0.29, 0.717) is 62.7 Å². The van der Waals surface area contributed by atoms with E-state index in [4.69, 9.17) is 4.52 Å².